The minimum absolute atomic E-state index is 0.636. The van der Waals surface area contributed by atoms with E-state index in [0.29, 0.717) is 5.92 Å². The van der Waals surface area contributed by atoms with E-state index >= 15 is 0 Å². The number of hydrogen-bond donors (Lipinski definition) is 1. The van der Waals surface area contributed by atoms with Crippen molar-refractivity contribution in [1.29, 1.82) is 0 Å². The first-order chi connectivity index (χ1) is 11.1. The Morgan fingerprint density at radius 3 is 2.65 bits per heavy atom. The van der Waals surface area contributed by atoms with Gasteiger partial charge in [-0.05, 0) is 61.9 Å². The maximum absolute atomic E-state index is 5.22. The van der Waals surface area contributed by atoms with Crippen LogP contribution in [-0.2, 0) is 4.84 Å². The van der Waals surface area contributed by atoms with E-state index in [9.17, 15) is 0 Å². The zero-order valence-electron chi connectivity index (χ0n) is 14.9. The second kappa shape index (κ2) is 7.44. The van der Waals surface area contributed by atoms with Crippen molar-refractivity contribution >= 4 is 23.3 Å². The molecule has 0 amide bonds. The summed E-state index contributed by atoms with van der Waals surface area (Å²) in [7, 11) is 0. The summed E-state index contributed by atoms with van der Waals surface area (Å²) in [5.74, 6) is 2.57. The number of aryl methyl sites for hydroxylation is 1. The van der Waals surface area contributed by atoms with Crippen LogP contribution in [0.3, 0.4) is 0 Å². The molecule has 2 aromatic rings. The Labute approximate surface area is 138 Å². The van der Waals surface area contributed by atoms with Crippen molar-refractivity contribution in [2.24, 2.45) is 5.16 Å². The summed E-state index contributed by atoms with van der Waals surface area (Å²) < 4.78 is 0. The number of fused-ring (bicyclic) bond motifs is 1. The summed E-state index contributed by atoms with van der Waals surface area (Å²) in [4.78, 5) is 13.5. The fourth-order valence-electron chi connectivity index (χ4n) is 2.84. The topological polar surface area (TPSA) is 50.3 Å². The number of nitrogens with one attached hydrogen (secondary N) is 1. The van der Waals surface area contributed by atoms with Crippen LogP contribution in [-0.4, -0.2) is 16.7 Å². The van der Waals surface area contributed by atoms with Crippen LogP contribution in [0.15, 0.2) is 23.0 Å². The molecule has 1 aliphatic rings. The van der Waals surface area contributed by atoms with Crippen LogP contribution >= 0.6 is 0 Å². The van der Waals surface area contributed by atoms with Gasteiger partial charge in [-0.15, -0.1) is 0 Å². The fraction of sp³-hybridized carbons (Fsp3) is 0.474. The van der Waals surface area contributed by atoms with Crippen molar-refractivity contribution in [3.8, 4) is 0 Å². The Hall–Kier alpha value is -2.10. The van der Waals surface area contributed by atoms with Crippen molar-refractivity contribution in [3.05, 3.63) is 34.8 Å². The molecule has 0 aliphatic heterocycles. The molecule has 1 N–H and O–H groups in total. The lowest BCUT2D eigenvalue weighted by atomic mass is 9.99. The third-order valence-electron chi connectivity index (χ3n) is 4.09. The first-order valence-corrected chi connectivity index (χ1v) is 8.47. The monoisotopic (exact) mass is 313 g/mol. The highest BCUT2D eigenvalue weighted by molar-refractivity contribution is 5.84. The Morgan fingerprint density at radius 2 is 2.09 bits per heavy atom. The molecule has 124 valence electrons. The smallest absolute Gasteiger partial charge is 0.135 e. The molecule has 0 spiro atoms. The van der Waals surface area contributed by atoms with Crippen molar-refractivity contribution in [2.45, 2.75) is 59.8 Å². The van der Waals surface area contributed by atoms with Crippen LogP contribution in [0, 0.1) is 6.92 Å². The van der Waals surface area contributed by atoms with E-state index in [1.165, 1.54) is 18.4 Å². The molecule has 0 bridgehead atoms. The normalized spacial score (nSPS) is 14.8. The molecule has 1 saturated carbocycles. The standard InChI is InChI=1S/C17H21N3O.C2H6/c1-5-14(11(3)21-18-4)13-8-10(2)16-15(9-13)19-17(20-16)12-6-7-12;1-2/h8-9,12H,4-7H2,1-3H3,(H,19,20);1-2H3/b14-11+;. The van der Waals surface area contributed by atoms with Gasteiger partial charge < -0.3 is 9.82 Å². The Kier molecular flexibility index (Phi) is 5.59. The number of nitrogens with zero attached hydrogens (tertiary/aromatic N) is 2. The molecule has 0 unspecified atom stereocenters. The molecule has 0 radical (unpaired) electrons. The van der Waals surface area contributed by atoms with E-state index in [1.54, 1.807) is 0 Å². The first-order valence-electron chi connectivity index (χ1n) is 8.47. The van der Waals surface area contributed by atoms with Gasteiger partial charge in [-0.25, -0.2) is 4.98 Å². The average molecular weight is 313 g/mol. The van der Waals surface area contributed by atoms with Crippen LogP contribution in [0.25, 0.3) is 16.6 Å². The van der Waals surface area contributed by atoms with Gasteiger partial charge in [-0.1, -0.05) is 25.9 Å². The highest BCUT2D eigenvalue weighted by atomic mass is 16.6. The first kappa shape index (κ1) is 17.3. The van der Waals surface area contributed by atoms with E-state index in [-0.39, 0.29) is 0 Å². The number of benzene rings is 1. The van der Waals surface area contributed by atoms with E-state index in [0.717, 1.165) is 40.2 Å². The predicted molar refractivity (Wildman–Crippen MR) is 97.7 cm³/mol. The molecule has 0 atom stereocenters. The summed E-state index contributed by atoms with van der Waals surface area (Å²) in [5, 5.41) is 3.52. The van der Waals surface area contributed by atoms with Gasteiger partial charge in [-0.2, -0.15) is 0 Å². The van der Waals surface area contributed by atoms with Gasteiger partial charge in [0, 0.05) is 12.6 Å². The third-order valence-corrected chi connectivity index (χ3v) is 4.09. The van der Waals surface area contributed by atoms with Crippen molar-refractivity contribution in [1.82, 2.24) is 9.97 Å². The highest BCUT2D eigenvalue weighted by Crippen LogP contribution is 2.39. The van der Waals surface area contributed by atoms with Crippen LogP contribution < -0.4 is 0 Å². The summed E-state index contributed by atoms with van der Waals surface area (Å²) in [6, 6.07) is 4.34. The molecule has 1 aromatic heterocycles. The van der Waals surface area contributed by atoms with Gasteiger partial charge in [-0.3, -0.25) is 0 Å². The van der Waals surface area contributed by atoms with E-state index < -0.39 is 0 Å². The number of H-pyrrole nitrogens is 1. The SMILES string of the molecule is C=NO/C(C)=C(\CC)c1cc(C)c2nc(C3CC3)[nH]c2c1.CC. The van der Waals surface area contributed by atoms with Gasteiger partial charge in [0.1, 0.15) is 11.6 Å². The maximum Gasteiger partial charge on any atom is 0.135 e. The second-order valence-electron chi connectivity index (χ2n) is 5.69. The number of oxime groups is 1. The number of allylic oxidation sites excluding steroid dienone is 2. The maximum atomic E-state index is 5.22. The van der Waals surface area contributed by atoms with Gasteiger partial charge in [0.25, 0.3) is 0 Å². The van der Waals surface area contributed by atoms with Gasteiger partial charge >= 0.3 is 0 Å². The number of rotatable bonds is 5. The largest absolute Gasteiger partial charge is 0.362 e. The minimum Gasteiger partial charge on any atom is -0.362 e. The molecule has 1 aliphatic carbocycles. The molecule has 4 heteroatoms. The average Bonchev–Trinajstić information content (AvgIpc) is 3.30. The Morgan fingerprint density at radius 1 is 1.39 bits per heavy atom. The Balaban J connectivity index is 0.000000924. The molecule has 23 heavy (non-hydrogen) atoms. The van der Waals surface area contributed by atoms with E-state index in [1.807, 2.05) is 20.8 Å². The molecule has 1 aromatic carbocycles. The molecular weight excluding hydrogens is 286 g/mol. The lowest BCUT2D eigenvalue weighted by Gasteiger charge is -2.10. The minimum atomic E-state index is 0.636. The number of aromatic nitrogens is 2. The molecular formula is C19H27N3O. The summed E-state index contributed by atoms with van der Waals surface area (Å²) in [6.07, 6.45) is 3.39. The third kappa shape index (κ3) is 3.63. The highest BCUT2D eigenvalue weighted by Gasteiger charge is 2.27. The molecule has 0 saturated heterocycles. The van der Waals surface area contributed by atoms with Crippen LogP contribution in [0.2, 0.25) is 0 Å². The second-order valence-corrected chi connectivity index (χ2v) is 5.69. The molecule has 4 nitrogen and oxygen atoms in total. The lowest BCUT2D eigenvalue weighted by molar-refractivity contribution is 0.234. The van der Waals surface area contributed by atoms with E-state index in [2.05, 4.69) is 42.8 Å². The number of hydrogen-bond acceptors (Lipinski definition) is 3. The van der Waals surface area contributed by atoms with Crippen LogP contribution in [0.4, 0.5) is 0 Å². The quantitative estimate of drug-likeness (QED) is 0.447. The zero-order chi connectivity index (χ0) is 17.0. The molecule has 1 heterocycles. The Bertz CT molecular complexity index is 724. The number of imidazole rings is 1. The summed E-state index contributed by atoms with van der Waals surface area (Å²) in [6.45, 7) is 13.5. The van der Waals surface area contributed by atoms with Crippen LogP contribution in [0.5, 0.6) is 0 Å². The number of aromatic amines is 1. The fourth-order valence-corrected chi connectivity index (χ4v) is 2.84. The zero-order valence-corrected chi connectivity index (χ0v) is 14.9. The molecule has 1 fully saturated rings. The molecule has 3 rings (SSSR count). The van der Waals surface area contributed by atoms with Crippen molar-refractivity contribution < 1.29 is 4.84 Å². The van der Waals surface area contributed by atoms with Gasteiger partial charge in [0.05, 0.1) is 11.0 Å². The van der Waals surface area contributed by atoms with Crippen molar-refractivity contribution in [2.75, 3.05) is 0 Å². The van der Waals surface area contributed by atoms with Gasteiger partial charge in [0.2, 0.25) is 0 Å². The lowest BCUT2D eigenvalue weighted by Crippen LogP contribution is -1.92. The van der Waals surface area contributed by atoms with Crippen molar-refractivity contribution in [3.63, 3.8) is 0 Å². The predicted octanol–water partition coefficient (Wildman–Crippen LogP) is 5.55. The summed E-state index contributed by atoms with van der Waals surface area (Å²) in [5.41, 5.74) is 5.69. The van der Waals surface area contributed by atoms with E-state index in [4.69, 9.17) is 9.82 Å². The summed E-state index contributed by atoms with van der Waals surface area (Å²) >= 11 is 0. The van der Waals surface area contributed by atoms with Gasteiger partial charge in [0.15, 0.2) is 0 Å². The van der Waals surface area contributed by atoms with Crippen LogP contribution in [0.1, 0.15) is 69.8 Å².